The van der Waals surface area contributed by atoms with Crippen LogP contribution in [-0.4, -0.2) is 12.1 Å². The molecule has 0 aliphatic carbocycles. The van der Waals surface area contributed by atoms with Crippen molar-refractivity contribution in [3.8, 4) is 5.75 Å². The number of aromatic nitrogens is 1. The van der Waals surface area contributed by atoms with Gasteiger partial charge in [0, 0.05) is 17.8 Å². The second kappa shape index (κ2) is 5.10. The second-order valence-corrected chi connectivity index (χ2v) is 3.97. The predicted molar refractivity (Wildman–Crippen MR) is 69.9 cm³/mol. The first kappa shape index (κ1) is 12.4. The van der Waals surface area contributed by atoms with Gasteiger partial charge in [-0.15, -0.1) is 0 Å². The molecule has 0 unspecified atom stereocenters. The van der Waals surface area contributed by atoms with Crippen molar-refractivity contribution in [2.24, 2.45) is 0 Å². The Morgan fingerprint density at radius 2 is 2.11 bits per heavy atom. The van der Waals surface area contributed by atoms with E-state index >= 15 is 0 Å². The summed E-state index contributed by atoms with van der Waals surface area (Å²) in [5.41, 5.74) is 6.71. The second-order valence-electron chi connectivity index (χ2n) is 3.58. The van der Waals surface area contributed by atoms with Gasteiger partial charge in [-0.25, -0.2) is 9.37 Å². The fourth-order valence-electron chi connectivity index (χ4n) is 1.49. The summed E-state index contributed by atoms with van der Waals surface area (Å²) in [5, 5.41) is 3.24. The quantitative estimate of drug-likeness (QED) is 0.839. The Balaban J connectivity index is 2.33. The standard InChI is InChI=1S/C12H11ClFN3O/c1-18-10-4-7(14)2-3-9(10)16-12-6-8(15)5-11(13)17-12/h2-6H,1H3,(H3,15,16,17). The van der Waals surface area contributed by atoms with Crippen LogP contribution in [-0.2, 0) is 0 Å². The van der Waals surface area contributed by atoms with Gasteiger partial charge in [-0.05, 0) is 18.2 Å². The van der Waals surface area contributed by atoms with E-state index in [0.717, 1.165) is 0 Å². The molecule has 2 aromatic rings. The molecule has 0 atom stereocenters. The number of benzene rings is 1. The van der Waals surface area contributed by atoms with Crippen LogP contribution < -0.4 is 15.8 Å². The number of anilines is 3. The number of ether oxygens (including phenoxy) is 1. The number of hydrogen-bond donors (Lipinski definition) is 2. The molecule has 1 aromatic heterocycles. The summed E-state index contributed by atoms with van der Waals surface area (Å²) in [5.74, 6) is 0.455. The zero-order valence-electron chi connectivity index (χ0n) is 9.58. The van der Waals surface area contributed by atoms with Crippen LogP contribution >= 0.6 is 11.6 Å². The van der Waals surface area contributed by atoms with Crippen LogP contribution in [0, 0.1) is 5.82 Å². The molecular formula is C12H11ClFN3O. The van der Waals surface area contributed by atoms with Crippen molar-refractivity contribution in [3.05, 3.63) is 41.3 Å². The minimum atomic E-state index is -0.379. The van der Waals surface area contributed by atoms with Crippen molar-refractivity contribution in [1.29, 1.82) is 0 Å². The Bertz CT molecular complexity index is 557. The highest BCUT2D eigenvalue weighted by Crippen LogP contribution is 2.28. The molecule has 1 aromatic carbocycles. The molecule has 0 saturated heterocycles. The molecule has 0 bridgehead atoms. The lowest BCUT2D eigenvalue weighted by Gasteiger charge is -2.11. The molecule has 0 amide bonds. The molecule has 4 nitrogen and oxygen atoms in total. The molecule has 0 radical (unpaired) electrons. The number of rotatable bonds is 3. The monoisotopic (exact) mass is 267 g/mol. The van der Waals surface area contributed by atoms with Gasteiger partial charge in [0.05, 0.1) is 12.8 Å². The van der Waals surface area contributed by atoms with Crippen LogP contribution in [0.2, 0.25) is 5.15 Å². The number of nitrogens with zero attached hydrogens (tertiary/aromatic N) is 1. The van der Waals surface area contributed by atoms with Crippen LogP contribution in [0.5, 0.6) is 5.75 Å². The molecule has 18 heavy (non-hydrogen) atoms. The zero-order valence-corrected chi connectivity index (χ0v) is 10.3. The van der Waals surface area contributed by atoms with Crippen LogP contribution in [0.3, 0.4) is 0 Å². The van der Waals surface area contributed by atoms with Crippen molar-refractivity contribution in [2.45, 2.75) is 0 Å². The summed E-state index contributed by atoms with van der Waals surface area (Å²) in [6, 6.07) is 7.30. The normalized spacial score (nSPS) is 10.2. The highest BCUT2D eigenvalue weighted by atomic mass is 35.5. The lowest BCUT2D eigenvalue weighted by molar-refractivity contribution is 0.413. The number of nitrogen functional groups attached to an aromatic ring is 1. The SMILES string of the molecule is COc1cc(F)ccc1Nc1cc(N)cc(Cl)n1. The summed E-state index contributed by atoms with van der Waals surface area (Å²) in [6.45, 7) is 0. The van der Waals surface area contributed by atoms with E-state index in [-0.39, 0.29) is 11.0 Å². The van der Waals surface area contributed by atoms with E-state index in [0.29, 0.717) is 22.9 Å². The van der Waals surface area contributed by atoms with Gasteiger partial charge in [0.25, 0.3) is 0 Å². The van der Waals surface area contributed by atoms with E-state index in [9.17, 15) is 4.39 Å². The van der Waals surface area contributed by atoms with E-state index in [1.165, 1.54) is 25.3 Å². The summed E-state index contributed by atoms with van der Waals surface area (Å²) in [4.78, 5) is 4.05. The van der Waals surface area contributed by atoms with E-state index in [1.54, 1.807) is 12.1 Å². The van der Waals surface area contributed by atoms with Gasteiger partial charge in [0.2, 0.25) is 0 Å². The van der Waals surface area contributed by atoms with Gasteiger partial charge in [-0.2, -0.15) is 0 Å². The lowest BCUT2D eigenvalue weighted by atomic mass is 10.2. The van der Waals surface area contributed by atoms with Crippen molar-refractivity contribution < 1.29 is 9.13 Å². The number of nitrogens with one attached hydrogen (secondary N) is 1. The topological polar surface area (TPSA) is 60.2 Å². The van der Waals surface area contributed by atoms with Crippen LogP contribution in [0.1, 0.15) is 0 Å². The highest BCUT2D eigenvalue weighted by molar-refractivity contribution is 6.29. The van der Waals surface area contributed by atoms with Gasteiger partial charge in [0.15, 0.2) is 0 Å². The molecule has 94 valence electrons. The fraction of sp³-hybridized carbons (Fsp3) is 0.0833. The molecule has 3 N–H and O–H groups in total. The van der Waals surface area contributed by atoms with E-state index in [2.05, 4.69) is 10.3 Å². The summed E-state index contributed by atoms with van der Waals surface area (Å²) >= 11 is 5.79. The average molecular weight is 268 g/mol. The number of halogens is 2. The largest absolute Gasteiger partial charge is 0.494 e. The van der Waals surface area contributed by atoms with Gasteiger partial charge in [0.1, 0.15) is 22.5 Å². The highest BCUT2D eigenvalue weighted by Gasteiger charge is 2.06. The van der Waals surface area contributed by atoms with Gasteiger partial charge >= 0.3 is 0 Å². The van der Waals surface area contributed by atoms with Crippen molar-refractivity contribution in [3.63, 3.8) is 0 Å². The third-order valence-corrected chi connectivity index (χ3v) is 2.44. The van der Waals surface area contributed by atoms with Crippen molar-refractivity contribution in [1.82, 2.24) is 4.98 Å². The van der Waals surface area contributed by atoms with Crippen LogP contribution in [0.25, 0.3) is 0 Å². The van der Waals surface area contributed by atoms with Gasteiger partial charge < -0.3 is 15.8 Å². The Kier molecular flexibility index (Phi) is 3.53. The molecule has 1 heterocycles. The first-order chi connectivity index (χ1) is 8.58. The van der Waals surface area contributed by atoms with Crippen molar-refractivity contribution >= 4 is 28.8 Å². The molecule has 0 aliphatic rings. The average Bonchev–Trinajstić information content (AvgIpc) is 2.30. The molecule has 0 saturated carbocycles. The third-order valence-electron chi connectivity index (χ3n) is 2.24. The van der Waals surface area contributed by atoms with Gasteiger partial charge in [-0.3, -0.25) is 0 Å². The zero-order chi connectivity index (χ0) is 13.1. The number of pyridine rings is 1. The maximum atomic E-state index is 13.0. The Morgan fingerprint density at radius 1 is 1.33 bits per heavy atom. The first-order valence-corrected chi connectivity index (χ1v) is 5.50. The third kappa shape index (κ3) is 2.81. The van der Waals surface area contributed by atoms with Gasteiger partial charge in [-0.1, -0.05) is 11.6 Å². The van der Waals surface area contributed by atoms with E-state index in [1.807, 2.05) is 0 Å². The Hall–Kier alpha value is -2.01. The molecule has 0 spiro atoms. The molecule has 0 aliphatic heterocycles. The summed E-state index contributed by atoms with van der Waals surface area (Å²) in [6.07, 6.45) is 0. The summed E-state index contributed by atoms with van der Waals surface area (Å²) < 4.78 is 18.1. The van der Waals surface area contributed by atoms with E-state index in [4.69, 9.17) is 22.1 Å². The maximum Gasteiger partial charge on any atom is 0.145 e. The summed E-state index contributed by atoms with van der Waals surface area (Å²) in [7, 11) is 1.46. The number of methoxy groups -OCH3 is 1. The molecule has 0 fully saturated rings. The first-order valence-electron chi connectivity index (χ1n) is 5.12. The minimum Gasteiger partial charge on any atom is -0.494 e. The smallest absolute Gasteiger partial charge is 0.145 e. The fourth-order valence-corrected chi connectivity index (χ4v) is 1.70. The lowest BCUT2D eigenvalue weighted by Crippen LogP contribution is -1.98. The minimum absolute atomic E-state index is 0.276. The predicted octanol–water partition coefficient (Wildman–Crippen LogP) is 3.21. The number of nitrogens with two attached hydrogens (primary N) is 1. The van der Waals surface area contributed by atoms with Crippen LogP contribution in [0.15, 0.2) is 30.3 Å². The molecule has 2 rings (SSSR count). The maximum absolute atomic E-state index is 13.0. The molecular weight excluding hydrogens is 257 g/mol. The van der Waals surface area contributed by atoms with E-state index < -0.39 is 0 Å². The van der Waals surface area contributed by atoms with Crippen LogP contribution in [0.4, 0.5) is 21.6 Å². The van der Waals surface area contributed by atoms with Crippen molar-refractivity contribution in [2.75, 3.05) is 18.2 Å². The Labute approximate surface area is 109 Å². The Morgan fingerprint density at radius 3 is 2.78 bits per heavy atom. The molecule has 6 heteroatoms. The number of hydrogen-bond acceptors (Lipinski definition) is 4.